The Bertz CT molecular complexity index is 2680. The second-order valence-electron chi connectivity index (χ2n) is 15.2. The maximum absolute atomic E-state index is 13.2. The third kappa shape index (κ3) is 6.86. The summed E-state index contributed by atoms with van der Waals surface area (Å²) in [4.78, 5) is 66.2. The first-order valence-electron chi connectivity index (χ1n) is 19.5. The Kier molecular flexibility index (Phi) is 9.57. The number of nitrogens with one attached hydrogen (secondary N) is 2. The minimum absolute atomic E-state index is 0.0261. The number of aliphatic imine (C=N–C) groups is 2. The molecule has 6 aromatic heterocycles. The molecule has 1 amide bonds. The fourth-order valence-corrected chi connectivity index (χ4v) is 11.0. The smallest absolute Gasteiger partial charge is 0.306 e. The number of nitrogens with zero attached hydrogens (tertiary/aromatic N) is 9. The summed E-state index contributed by atoms with van der Waals surface area (Å²) in [5.41, 5.74) is 6.88. The lowest BCUT2D eigenvalue weighted by Crippen LogP contribution is -2.50. The molecule has 0 aromatic carbocycles. The number of pyridine rings is 2. The molecular weight excluding hydrogens is 775 g/mol. The highest BCUT2D eigenvalue weighted by Gasteiger charge is 2.34. The monoisotopic (exact) mass is 813 g/mol. The first kappa shape index (κ1) is 36.6. The number of morpholine rings is 1. The van der Waals surface area contributed by atoms with Crippen molar-refractivity contribution >= 4 is 90.7 Å². The van der Waals surface area contributed by atoms with Gasteiger partial charge >= 0.3 is 5.97 Å². The fourth-order valence-electron chi connectivity index (χ4n) is 8.49. The van der Waals surface area contributed by atoms with Gasteiger partial charge in [-0.1, -0.05) is 0 Å². The third-order valence-electron chi connectivity index (χ3n) is 11.6. The molecule has 1 saturated heterocycles. The number of ether oxygens (including phenoxy) is 1. The van der Waals surface area contributed by atoms with Gasteiger partial charge in [-0.2, -0.15) is 0 Å². The Morgan fingerprint density at radius 3 is 1.88 bits per heavy atom. The van der Waals surface area contributed by atoms with Crippen LogP contribution in [0.3, 0.4) is 0 Å². The molecule has 0 saturated carbocycles. The number of carboxylic acid groups (broad SMARTS) is 1. The number of carbonyl (C=O) groups is 2. The lowest BCUT2D eigenvalue weighted by molar-refractivity contribution is -0.144. The predicted octanol–water partition coefficient (Wildman–Crippen LogP) is 6.07. The summed E-state index contributed by atoms with van der Waals surface area (Å²) < 4.78 is 5.51. The minimum Gasteiger partial charge on any atom is -0.481 e. The van der Waals surface area contributed by atoms with Crippen LogP contribution in [0.25, 0.3) is 20.4 Å². The van der Waals surface area contributed by atoms with E-state index in [4.69, 9.17) is 4.74 Å². The van der Waals surface area contributed by atoms with Gasteiger partial charge in [-0.15, -0.1) is 22.7 Å². The van der Waals surface area contributed by atoms with E-state index in [2.05, 4.69) is 57.4 Å². The summed E-state index contributed by atoms with van der Waals surface area (Å²) in [7, 11) is 0. The number of carboxylic acids is 1. The van der Waals surface area contributed by atoms with Gasteiger partial charge in [-0.3, -0.25) is 19.6 Å². The number of hydrogen-bond acceptors (Lipinski definition) is 15. The Balaban J connectivity index is 0.000000144. The molecule has 0 unspecified atom stereocenters. The molecular formula is C41H39N11O4S2. The highest BCUT2D eigenvalue weighted by Crippen LogP contribution is 2.42. The molecule has 3 N–H and O–H groups in total. The maximum Gasteiger partial charge on any atom is 0.306 e. The molecule has 5 aliphatic rings. The number of rotatable bonds is 6. The van der Waals surface area contributed by atoms with Crippen LogP contribution in [0, 0.1) is 11.8 Å². The second-order valence-corrected chi connectivity index (χ2v) is 17.4. The van der Waals surface area contributed by atoms with Crippen LogP contribution in [0.4, 0.5) is 23.3 Å². The molecule has 58 heavy (non-hydrogen) atoms. The molecule has 15 nitrogen and oxygen atoms in total. The predicted molar refractivity (Wildman–Crippen MR) is 223 cm³/mol. The van der Waals surface area contributed by atoms with Crippen molar-refractivity contribution in [1.29, 1.82) is 0 Å². The van der Waals surface area contributed by atoms with Crippen molar-refractivity contribution < 1.29 is 19.4 Å². The van der Waals surface area contributed by atoms with Crippen LogP contribution in [0.5, 0.6) is 0 Å². The van der Waals surface area contributed by atoms with Crippen LogP contribution in [0.2, 0.25) is 0 Å². The summed E-state index contributed by atoms with van der Waals surface area (Å²) in [6, 6.07) is 4.13. The van der Waals surface area contributed by atoms with Gasteiger partial charge in [0.15, 0.2) is 0 Å². The zero-order valence-corrected chi connectivity index (χ0v) is 33.3. The van der Waals surface area contributed by atoms with Crippen molar-refractivity contribution in [3.63, 3.8) is 0 Å². The highest BCUT2D eigenvalue weighted by atomic mass is 32.1. The van der Waals surface area contributed by atoms with Gasteiger partial charge < -0.3 is 25.4 Å². The van der Waals surface area contributed by atoms with E-state index < -0.39 is 5.97 Å². The number of thiophene rings is 2. The van der Waals surface area contributed by atoms with Crippen molar-refractivity contribution in [3.05, 3.63) is 80.3 Å². The Morgan fingerprint density at radius 2 is 1.33 bits per heavy atom. The van der Waals surface area contributed by atoms with E-state index >= 15 is 0 Å². The van der Waals surface area contributed by atoms with Gasteiger partial charge in [-0.25, -0.2) is 29.9 Å². The van der Waals surface area contributed by atoms with Gasteiger partial charge in [0.1, 0.15) is 45.6 Å². The molecule has 3 aliphatic heterocycles. The van der Waals surface area contributed by atoms with Crippen LogP contribution < -0.4 is 10.6 Å². The molecule has 0 bridgehead atoms. The Labute approximate surface area is 340 Å². The van der Waals surface area contributed by atoms with Crippen molar-refractivity contribution in [3.8, 4) is 0 Å². The van der Waals surface area contributed by atoms with Crippen LogP contribution >= 0.6 is 22.7 Å². The molecule has 3 atom stereocenters. The molecule has 0 spiro atoms. The van der Waals surface area contributed by atoms with Gasteiger partial charge in [0, 0.05) is 69.3 Å². The van der Waals surface area contributed by atoms with Crippen LogP contribution in [0.15, 0.2) is 47.2 Å². The Morgan fingerprint density at radius 1 is 0.776 bits per heavy atom. The molecule has 9 heterocycles. The van der Waals surface area contributed by atoms with Crippen LogP contribution in [-0.2, 0) is 53.1 Å². The van der Waals surface area contributed by atoms with E-state index in [0.717, 1.165) is 96.5 Å². The SMILES string of the molecule is C[C@H]1COCCN1C(=O)[C@H]1CCc2c(sc3ncnc(Nc4cc5c(cn4)CN=C5)c23)C1.O=C(O)[C@H]1CCc2c(sc3ncnc(Nc4cc5c(cn4)CN=C5)c23)C1. The normalized spacial score (nSPS) is 20.2. The number of anilines is 4. The standard InChI is InChI=1S/C23H24N6O2S.C18H15N5O2S/c1-13-11-31-5-4-29(13)23(30)14-2-3-17-18(6-14)32-22-20(17)21(26-12-27-22)28-19-7-15-8-24-9-16(15)10-25-19;24-18(25)9-1-2-12-13(3-9)26-17-15(12)16(21-8-22-17)23-14-4-10-5-19-6-11(10)7-20-14/h7-8,10,12-14H,2-6,9,11H2,1H3,(H,25,26,27,28);4-5,7-9H,1-3,6H2,(H,24,25)(H,20,21,22,23)/t13-,14-;9-/m00/s1. The molecule has 0 radical (unpaired) electrons. The number of aromatic nitrogens is 6. The van der Waals surface area contributed by atoms with E-state index in [1.54, 1.807) is 29.0 Å². The zero-order valence-electron chi connectivity index (χ0n) is 31.6. The first-order valence-corrected chi connectivity index (χ1v) is 21.1. The summed E-state index contributed by atoms with van der Waals surface area (Å²) >= 11 is 3.25. The van der Waals surface area contributed by atoms with Crippen molar-refractivity contribution in [2.75, 3.05) is 30.4 Å². The van der Waals surface area contributed by atoms with Crippen molar-refractivity contribution in [2.24, 2.45) is 21.8 Å². The van der Waals surface area contributed by atoms with E-state index in [0.29, 0.717) is 45.7 Å². The summed E-state index contributed by atoms with van der Waals surface area (Å²) in [6.07, 6.45) is 15.0. The summed E-state index contributed by atoms with van der Waals surface area (Å²) in [5.74, 6) is 2.23. The highest BCUT2D eigenvalue weighted by molar-refractivity contribution is 7.19. The molecule has 11 rings (SSSR count). The lowest BCUT2D eigenvalue weighted by Gasteiger charge is -2.36. The summed E-state index contributed by atoms with van der Waals surface area (Å²) in [5, 5.41) is 18.1. The first-order chi connectivity index (χ1) is 28.4. The van der Waals surface area contributed by atoms with Gasteiger partial charge in [0.05, 0.1) is 49.0 Å². The zero-order chi connectivity index (χ0) is 39.3. The van der Waals surface area contributed by atoms with Crippen LogP contribution in [-0.4, -0.2) is 90.0 Å². The van der Waals surface area contributed by atoms with Crippen molar-refractivity contribution in [2.45, 2.75) is 64.6 Å². The van der Waals surface area contributed by atoms with Gasteiger partial charge in [-0.05, 0) is 68.7 Å². The molecule has 6 aromatic rings. The Hall–Kier alpha value is -5.78. The number of carbonyl (C=O) groups excluding carboxylic acids is 1. The molecule has 17 heteroatoms. The fraction of sp³-hybridized carbons (Fsp3) is 0.366. The quantitative estimate of drug-likeness (QED) is 0.176. The van der Waals surface area contributed by atoms with E-state index in [9.17, 15) is 14.7 Å². The molecule has 1 fully saturated rings. The summed E-state index contributed by atoms with van der Waals surface area (Å²) in [6.45, 7) is 5.39. The van der Waals surface area contributed by atoms with E-state index in [1.165, 1.54) is 22.3 Å². The van der Waals surface area contributed by atoms with Gasteiger partial charge in [0.25, 0.3) is 0 Å². The molecule has 2 aliphatic carbocycles. The average Bonchev–Trinajstić information content (AvgIpc) is 4.05. The largest absolute Gasteiger partial charge is 0.481 e. The third-order valence-corrected chi connectivity index (χ3v) is 13.9. The minimum atomic E-state index is -0.721. The lowest BCUT2D eigenvalue weighted by atomic mass is 9.86. The number of aliphatic carboxylic acids is 1. The van der Waals surface area contributed by atoms with Gasteiger partial charge in [0.2, 0.25) is 5.91 Å². The number of amides is 1. The average molecular weight is 814 g/mol. The second kappa shape index (κ2) is 15.2. The van der Waals surface area contributed by atoms with E-state index in [1.807, 2.05) is 41.9 Å². The number of aryl methyl sites for hydroxylation is 2. The molecule has 294 valence electrons. The van der Waals surface area contributed by atoms with Crippen molar-refractivity contribution in [1.82, 2.24) is 34.8 Å². The maximum atomic E-state index is 13.2. The van der Waals surface area contributed by atoms with Crippen LogP contribution in [0.1, 0.15) is 62.9 Å². The number of fused-ring (bicyclic) bond motifs is 8. The number of hydrogen-bond donors (Lipinski definition) is 3. The topological polar surface area (TPSA) is 193 Å². The van der Waals surface area contributed by atoms with E-state index in [-0.39, 0.29) is 23.8 Å².